The van der Waals surface area contributed by atoms with Gasteiger partial charge in [0.05, 0.1) is 25.9 Å². The zero-order chi connectivity index (χ0) is 20.4. The summed E-state index contributed by atoms with van der Waals surface area (Å²) in [7, 11) is 0. The second kappa shape index (κ2) is 9.06. The lowest BCUT2D eigenvalue weighted by atomic mass is 9.98. The molecule has 0 aromatic rings. The van der Waals surface area contributed by atoms with Crippen LogP contribution in [0.5, 0.6) is 0 Å². The molecule has 0 radical (unpaired) electrons. The van der Waals surface area contributed by atoms with Crippen LogP contribution in [0.25, 0.3) is 0 Å². The van der Waals surface area contributed by atoms with Crippen molar-refractivity contribution in [1.29, 1.82) is 5.26 Å². The van der Waals surface area contributed by atoms with Crippen LogP contribution in [0.1, 0.15) is 13.8 Å². The van der Waals surface area contributed by atoms with Crippen LogP contribution in [0.4, 0.5) is 0 Å². The van der Waals surface area contributed by atoms with E-state index in [0.29, 0.717) is 0 Å². The predicted octanol–water partition coefficient (Wildman–Crippen LogP) is -3.18. The van der Waals surface area contributed by atoms with Gasteiger partial charge in [0.15, 0.2) is 12.6 Å². The third-order valence-electron chi connectivity index (χ3n) is 4.69. The van der Waals surface area contributed by atoms with Crippen LogP contribution in [0.15, 0.2) is 0 Å². The van der Waals surface area contributed by atoms with Gasteiger partial charge in [-0.05, 0) is 5.92 Å². The molecule has 2 aliphatic rings. The van der Waals surface area contributed by atoms with Gasteiger partial charge in [0.25, 0.3) is 0 Å². The molecule has 9 atom stereocenters. The molecule has 2 saturated heterocycles. The van der Waals surface area contributed by atoms with Crippen molar-refractivity contribution in [1.82, 2.24) is 0 Å². The number of nitrogens with zero attached hydrogens (tertiary/aromatic N) is 1. The van der Waals surface area contributed by atoms with E-state index in [0.717, 1.165) is 0 Å². The molecule has 27 heavy (non-hydrogen) atoms. The molecule has 156 valence electrons. The first-order valence-electron chi connectivity index (χ1n) is 8.64. The summed E-state index contributed by atoms with van der Waals surface area (Å²) in [5.74, 6) is -0.206. The summed E-state index contributed by atoms with van der Waals surface area (Å²) < 4.78 is 21.2. The lowest BCUT2D eigenvalue weighted by Gasteiger charge is -2.41. The first-order chi connectivity index (χ1) is 12.6. The van der Waals surface area contributed by atoms with Gasteiger partial charge in [-0.2, -0.15) is 5.26 Å². The summed E-state index contributed by atoms with van der Waals surface area (Å²) in [4.78, 5) is 0. The van der Waals surface area contributed by atoms with Gasteiger partial charge in [-0.25, -0.2) is 0 Å². The average Bonchev–Trinajstić information content (AvgIpc) is 2.93. The Morgan fingerprint density at radius 3 is 2.33 bits per heavy atom. The van der Waals surface area contributed by atoms with E-state index in [1.807, 2.05) is 6.07 Å². The molecule has 0 aromatic heterocycles. The maximum Gasteiger partial charge on any atom is 0.188 e. The number of ether oxygens (including phenoxy) is 4. The van der Waals surface area contributed by atoms with Crippen LogP contribution in [0, 0.1) is 17.2 Å². The van der Waals surface area contributed by atoms with Gasteiger partial charge >= 0.3 is 0 Å². The highest BCUT2D eigenvalue weighted by molar-refractivity contribution is 4.95. The maximum atomic E-state index is 10.1. The molecule has 0 amide bonds. The molecule has 2 fully saturated rings. The molecular weight excluding hydrogens is 366 g/mol. The lowest BCUT2D eigenvalue weighted by molar-refractivity contribution is -0.317. The number of aliphatic hydroxyl groups is 6. The Morgan fingerprint density at radius 2 is 1.81 bits per heavy atom. The minimum atomic E-state index is -1.87. The zero-order valence-electron chi connectivity index (χ0n) is 15.1. The Bertz CT molecular complexity index is 528. The van der Waals surface area contributed by atoms with Crippen molar-refractivity contribution < 1.29 is 49.6 Å². The quantitative estimate of drug-likeness (QED) is 0.256. The van der Waals surface area contributed by atoms with Crippen molar-refractivity contribution in [2.75, 3.05) is 19.8 Å². The molecule has 11 heteroatoms. The van der Waals surface area contributed by atoms with E-state index < -0.39 is 61.4 Å². The molecule has 2 rings (SSSR count). The Morgan fingerprint density at radius 1 is 1.15 bits per heavy atom. The summed E-state index contributed by atoms with van der Waals surface area (Å²) in [6.07, 6.45) is -11.0. The summed E-state index contributed by atoms with van der Waals surface area (Å²) in [6.45, 7) is 2.00. The Kier molecular flexibility index (Phi) is 7.51. The molecule has 0 bridgehead atoms. The molecule has 0 aromatic carbocycles. The molecule has 11 nitrogen and oxygen atoms in total. The van der Waals surface area contributed by atoms with Crippen LogP contribution in [0.3, 0.4) is 0 Å². The molecule has 2 aliphatic heterocycles. The molecular formula is C16H27NO10. The van der Waals surface area contributed by atoms with Crippen LogP contribution in [0.2, 0.25) is 0 Å². The lowest BCUT2D eigenvalue weighted by Crippen LogP contribution is -2.60. The van der Waals surface area contributed by atoms with Crippen molar-refractivity contribution in [3.63, 3.8) is 0 Å². The fraction of sp³-hybridized carbons (Fsp3) is 0.938. The Labute approximate surface area is 156 Å². The van der Waals surface area contributed by atoms with E-state index in [1.165, 1.54) is 0 Å². The standard InChI is InChI=1S/C16H27NO10/c1-7(2)8(3-17)26-14-12(21)11(20)10(19)9(27-14)4-24-15-13(22)16(23,5-18)6-25-15/h7-15,18-23H,4-6H2,1-2H3. The molecule has 6 N–H and O–H groups in total. The van der Waals surface area contributed by atoms with Gasteiger partial charge in [0.1, 0.15) is 42.2 Å². The van der Waals surface area contributed by atoms with Gasteiger partial charge in [-0.15, -0.1) is 0 Å². The summed E-state index contributed by atoms with van der Waals surface area (Å²) >= 11 is 0. The Balaban J connectivity index is 1.98. The van der Waals surface area contributed by atoms with E-state index in [4.69, 9.17) is 29.3 Å². The number of hydrogen-bond acceptors (Lipinski definition) is 11. The number of hydrogen-bond donors (Lipinski definition) is 6. The number of aliphatic hydroxyl groups excluding tert-OH is 5. The largest absolute Gasteiger partial charge is 0.393 e. The Hall–Kier alpha value is -0.910. The third-order valence-corrected chi connectivity index (χ3v) is 4.69. The van der Waals surface area contributed by atoms with E-state index in [9.17, 15) is 25.5 Å². The monoisotopic (exact) mass is 393 g/mol. The second-order valence-corrected chi connectivity index (χ2v) is 7.16. The van der Waals surface area contributed by atoms with Crippen molar-refractivity contribution in [2.45, 2.75) is 68.7 Å². The minimum absolute atomic E-state index is 0.206. The normalized spacial score (nSPS) is 43.6. The first-order valence-corrected chi connectivity index (χ1v) is 8.64. The van der Waals surface area contributed by atoms with Gasteiger partial charge < -0.3 is 49.6 Å². The molecule has 0 spiro atoms. The van der Waals surface area contributed by atoms with Gasteiger partial charge in [0.2, 0.25) is 0 Å². The van der Waals surface area contributed by atoms with E-state index in [2.05, 4.69) is 0 Å². The smallest absolute Gasteiger partial charge is 0.188 e. The highest BCUT2D eigenvalue weighted by atomic mass is 16.7. The predicted molar refractivity (Wildman–Crippen MR) is 85.7 cm³/mol. The second-order valence-electron chi connectivity index (χ2n) is 7.16. The first kappa shape index (κ1) is 22.4. The molecule has 2 heterocycles. The molecule has 0 saturated carbocycles. The van der Waals surface area contributed by atoms with E-state index in [1.54, 1.807) is 13.8 Å². The fourth-order valence-electron chi connectivity index (χ4n) is 2.77. The van der Waals surface area contributed by atoms with Crippen molar-refractivity contribution in [3.05, 3.63) is 0 Å². The van der Waals surface area contributed by atoms with Gasteiger partial charge in [-0.1, -0.05) is 13.8 Å². The maximum absolute atomic E-state index is 10.1. The highest BCUT2D eigenvalue weighted by Crippen LogP contribution is 2.28. The summed E-state index contributed by atoms with van der Waals surface area (Å²) in [5.41, 5.74) is -1.87. The molecule has 9 unspecified atom stereocenters. The minimum Gasteiger partial charge on any atom is -0.393 e. The number of rotatable bonds is 7. The van der Waals surface area contributed by atoms with Crippen LogP contribution in [-0.4, -0.2) is 105 Å². The average molecular weight is 393 g/mol. The van der Waals surface area contributed by atoms with Crippen LogP contribution in [-0.2, 0) is 18.9 Å². The fourth-order valence-corrected chi connectivity index (χ4v) is 2.77. The summed E-state index contributed by atoms with van der Waals surface area (Å²) in [6, 6.07) is 1.92. The SMILES string of the molecule is CC(C)C(C#N)OC1OC(COC2OCC(O)(CO)C2O)C(O)C(O)C1O. The van der Waals surface area contributed by atoms with Crippen LogP contribution >= 0.6 is 0 Å². The topological polar surface area (TPSA) is 182 Å². The number of nitriles is 1. The van der Waals surface area contributed by atoms with Crippen molar-refractivity contribution >= 4 is 0 Å². The van der Waals surface area contributed by atoms with Gasteiger partial charge in [-0.3, -0.25) is 0 Å². The highest BCUT2D eigenvalue weighted by Gasteiger charge is 2.50. The van der Waals surface area contributed by atoms with E-state index >= 15 is 0 Å². The zero-order valence-corrected chi connectivity index (χ0v) is 15.1. The van der Waals surface area contributed by atoms with Crippen molar-refractivity contribution in [3.8, 4) is 6.07 Å². The molecule has 0 aliphatic carbocycles. The summed E-state index contributed by atoms with van der Waals surface area (Å²) in [5, 5.41) is 68.2. The van der Waals surface area contributed by atoms with Crippen molar-refractivity contribution in [2.24, 2.45) is 5.92 Å². The third kappa shape index (κ3) is 4.75. The van der Waals surface area contributed by atoms with Gasteiger partial charge in [0, 0.05) is 0 Å². The van der Waals surface area contributed by atoms with Crippen LogP contribution < -0.4 is 0 Å². The van der Waals surface area contributed by atoms with E-state index in [-0.39, 0.29) is 19.1 Å².